The summed E-state index contributed by atoms with van der Waals surface area (Å²) in [5.74, 6) is 0.278. The summed E-state index contributed by atoms with van der Waals surface area (Å²) < 4.78 is 0. The van der Waals surface area contributed by atoms with E-state index in [1.165, 1.54) is 9.75 Å². The second kappa shape index (κ2) is 6.30. The lowest BCUT2D eigenvalue weighted by atomic mass is 10.1. The van der Waals surface area contributed by atoms with Crippen molar-refractivity contribution in [3.63, 3.8) is 0 Å². The van der Waals surface area contributed by atoms with Gasteiger partial charge in [0, 0.05) is 47.0 Å². The molecule has 2 aliphatic heterocycles. The number of hydrogen-bond donors (Lipinski definition) is 0. The first-order chi connectivity index (χ1) is 11.6. The zero-order chi connectivity index (χ0) is 16.7. The van der Waals surface area contributed by atoms with Gasteiger partial charge in [0.2, 0.25) is 5.91 Å². The van der Waals surface area contributed by atoms with Gasteiger partial charge in [-0.05, 0) is 44.5 Å². The Morgan fingerprint density at radius 2 is 2.04 bits per heavy atom. The zero-order valence-electron chi connectivity index (χ0n) is 14.2. The molecule has 2 atom stereocenters. The summed E-state index contributed by atoms with van der Waals surface area (Å²) >= 11 is 1.86. The summed E-state index contributed by atoms with van der Waals surface area (Å²) in [6.45, 7) is 6.85. The first kappa shape index (κ1) is 15.8. The van der Waals surface area contributed by atoms with Crippen LogP contribution in [0.15, 0.2) is 30.3 Å². The molecule has 0 bridgehead atoms. The van der Waals surface area contributed by atoms with Gasteiger partial charge < -0.3 is 4.90 Å². The molecule has 4 rings (SSSR count). The summed E-state index contributed by atoms with van der Waals surface area (Å²) in [6.07, 6.45) is 1.73. The fourth-order valence-corrected chi connectivity index (χ4v) is 4.96. The Balaban J connectivity index is 1.47. The van der Waals surface area contributed by atoms with Crippen molar-refractivity contribution in [2.45, 2.75) is 51.9 Å². The summed E-state index contributed by atoms with van der Waals surface area (Å²) in [6, 6.07) is 11.2. The minimum atomic E-state index is 0.278. The third-order valence-corrected chi connectivity index (χ3v) is 6.15. The number of amides is 1. The molecule has 2 saturated heterocycles. The molecule has 0 saturated carbocycles. The molecule has 126 valence electrons. The molecule has 0 aromatic carbocycles. The van der Waals surface area contributed by atoms with E-state index >= 15 is 0 Å². The number of hydrogen-bond acceptors (Lipinski definition) is 4. The van der Waals surface area contributed by atoms with Gasteiger partial charge in [0.05, 0.1) is 12.2 Å². The summed E-state index contributed by atoms with van der Waals surface area (Å²) in [4.78, 5) is 24.4. The lowest BCUT2D eigenvalue weighted by Gasteiger charge is -2.25. The molecule has 0 spiro atoms. The van der Waals surface area contributed by atoms with E-state index in [1.54, 1.807) is 0 Å². The zero-order valence-corrected chi connectivity index (χ0v) is 15.1. The molecule has 5 heteroatoms. The summed E-state index contributed by atoms with van der Waals surface area (Å²) in [5.41, 5.74) is 2.01. The Morgan fingerprint density at radius 1 is 1.17 bits per heavy atom. The molecule has 4 heterocycles. The van der Waals surface area contributed by atoms with Crippen LogP contribution >= 0.6 is 11.3 Å². The van der Waals surface area contributed by atoms with Crippen LogP contribution in [0, 0.1) is 13.8 Å². The first-order valence-electron chi connectivity index (χ1n) is 8.61. The normalized spacial score (nSPS) is 23.9. The number of rotatable bonds is 4. The van der Waals surface area contributed by atoms with Crippen molar-refractivity contribution in [2.24, 2.45) is 0 Å². The van der Waals surface area contributed by atoms with Gasteiger partial charge in [0.15, 0.2) is 0 Å². The van der Waals surface area contributed by atoms with Crippen LogP contribution < -0.4 is 0 Å². The minimum absolute atomic E-state index is 0.278. The first-order valence-corrected chi connectivity index (χ1v) is 9.43. The van der Waals surface area contributed by atoms with Gasteiger partial charge in [-0.15, -0.1) is 11.3 Å². The van der Waals surface area contributed by atoms with E-state index in [4.69, 9.17) is 0 Å². The number of aryl methyl sites for hydroxylation is 2. The van der Waals surface area contributed by atoms with Crippen molar-refractivity contribution < 1.29 is 4.79 Å². The second-order valence-electron chi connectivity index (χ2n) is 6.90. The topological polar surface area (TPSA) is 36.4 Å². The average Bonchev–Trinajstić information content (AvgIpc) is 3.20. The van der Waals surface area contributed by atoms with Crippen molar-refractivity contribution in [1.82, 2.24) is 14.8 Å². The maximum atomic E-state index is 12.6. The van der Waals surface area contributed by atoms with Crippen molar-refractivity contribution in [1.29, 1.82) is 0 Å². The third kappa shape index (κ3) is 2.98. The molecule has 0 N–H and O–H groups in total. The lowest BCUT2D eigenvalue weighted by Crippen LogP contribution is -2.36. The molecule has 24 heavy (non-hydrogen) atoms. The van der Waals surface area contributed by atoms with Crippen molar-refractivity contribution in [2.75, 3.05) is 6.54 Å². The Morgan fingerprint density at radius 3 is 2.79 bits per heavy atom. The minimum Gasteiger partial charge on any atom is -0.332 e. The number of aromatic nitrogens is 1. The van der Waals surface area contributed by atoms with E-state index in [0.29, 0.717) is 25.0 Å². The maximum absolute atomic E-state index is 12.6. The highest BCUT2D eigenvalue weighted by atomic mass is 32.1. The molecule has 0 radical (unpaired) electrons. The van der Waals surface area contributed by atoms with Crippen LogP contribution in [0.5, 0.6) is 0 Å². The fourth-order valence-electron chi connectivity index (χ4n) is 4.04. The second-order valence-corrected chi connectivity index (χ2v) is 8.27. The van der Waals surface area contributed by atoms with Gasteiger partial charge in [0.1, 0.15) is 0 Å². The van der Waals surface area contributed by atoms with Crippen LogP contribution in [0.3, 0.4) is 0 Å². The van der Waals surface area contributed by atoms with Gasteiger partial charge in [-0.3, -0.25) is 14.7 Å². The van der Waals surface area contributed by atoms with Gasteiger partial charge in [-0.2, -0.15) is 0 Å². The summed E-state index contributed by atoms with van der Waals surface area (Å²) in [5, 5.41) is 0. The van der Waals surface area contributed by atoms with E-state index in [0.717, 1.165) is 30.9 Å². The smallest absolute Gasteiger partial charge is 0.224 e. The molecule has 4 nitrogen and oxygen atoms in total. The van der Waals surface area contributed by atoms with E-state index < -0.39 is 0 Å². The monoisotopic (exact) mass is 341 g/mol. The van der Waals surface area contributed by atoms with Gasteiger partial charge in [-0.1, -0.05) is 6.07 Å². The molecule has 1 amide bonds. The van der Waals surface area contributed by atoms with Crippen LogP contribution in [0.1, 0.15) is 34.0 Å². The standard InChI is InChI=1S/C19H23N3OS/c1-13-4-3-5-15(20-13)11-22-17-8-9-21(18(17)10-19(22)23)12-16-7-6-14(2)24-16/h3-7,17-18H,8-12H2,1-2H3/t17-,18-/m0/s1. The Bertz CT molecular complexity index is 757. The molecule has 2 aromatic rings. The van der Waals surface area contributed by atoms with Crippen molar-refractivity contribution in [3.05, 3.63) is 51.5 Å². The molecule has 2 fully saturated rings. The van der Waals surface area contributed by atoms with Crippen LogP contribution in [0.2, 0.25) is 0 Å². The van der Waals surface area contributed by atoms with E-state index in [9.17, 15) is 4.79 Å². The van der Waals surface area contributed by atoms with Gasteiger partial charge >= 0.3 is 0 Å². The number of thiophene rings is 1. The van der Waals surface area contributed by atoms with Crippen molar-refractivity contribution in [3.8, 4) is 0 Å². The molecular formula is C19H23N3OS. The quantitative estimate of drug-likeness (QED) is 0.857. The Kier molecular flexibility index (Phi) is 4.14. The molecule has 2 aromatic heterocycles. The van der Waals surface area contributed by atoms with E-state index in [-0.39, 0.29) is 5.91 Å². The highest BCUT2D eigenvalue weighted by Gasteiger charge is 2.46. The number of nitrogens with zero attached hydrogens (tertiary/aromatic N) is 3. The highest BCUT2D eigenvalue weighted by Crippen LogP contribution is 2.35. The number of likely N-dealkylation sites (tertiary alicyclic amines) is 2. The van der Waals surface area contributed by atoms with Gasteiger partial charge in [0.25, 0.3) is 0 Å². The molecule has 0 unspecified atom stereocenters. The van der Waals surface area contributed by atoms with Crippen LogP contribution in [0.25, 0.3) is 0 Å². The predicted octanol–water partition coefficient (Wildman–Crippen LogP) is 3.14. The number of pyridine rings is 1. The predicted molar refractivity (Wildman–Crippen MR) is 95.8 cm³/mol. The Labute approximate surface area is 147 Å². The Hall–Kier alpha value is -1.72. The lowest BCUT2D eigenvalue weighted by molar-refractivity contribution is -0.129. The van der Waals surface area contributed by atoms with Gasteiger partial charge in [-0.25, -0.2) is 0 Å². The number of carbonyl (C=O) groups is 1. The molecule has 2 aliphatic rings. The van der Waals surface area contributed by atoms with E-state index in [2.05, 4.69) is 33.8 Å². The maximum Gasteiger partial charge on any atom is 0.224 e. The van der Waals surface area contributed by atoms with Crippen LogP contribution in [0.4, 0.5) is 0 Å². The van der Waals surface area contributed by atoms with Crippen LogP contribution in [-0.2, 0) is 17.9 Å². The molecule has 0 aliphatic carbocycles. The largest absolute Gasteiger partial charge is 0.332 e. The number of fused-ring (bicyclic) bond motifs is 1. The fraction of sp³-hybridized carbons (Fsp3) is 0.474. The van der Waals surface area contributed by atoms with E-state index in [1.807, 2.05) is 36.5 Å². The van der Waals surface area contributed by atoms with Crippen molar-refractivity contribution >= 4 is 17.2 Å². The SMILES string of the molecule is Cc1cccc(CN2C(=O)C[C@H]3[C@@H]2CCN3Cc2ccc(C)s2)n1. The highest BCUT2D eigenvalue weighted by molar-refractivity contribution is 7.11. The average molecular weight is 341 g/mol. The third-order valence-electron chi connectivity index (χ3n) is 5.16. The molecular weight excluding hydrogens is 318 g/mol. The summed E-state index contributed by atoms with van der Waals surface area (Å²) in [7, 11) is 0. The van der Waals surface area contributed by atoms with Crippen LogP contribution in [-0.4, -0.2) is 39.3 Å². The number of carbonyl (C=O) groups excluding carboxylic acids is 1.